The fourth-order valence-corrected chi connectivity index (χ4v) is 3.87. The van der Waals surface area contributed by atoms with Crippen LogP contribution in [-0.4, -0.2) is 62.5 Å². The van der Waals surface area contributed by atoms with Crippen molar-refractivity contribution in [1.82, 2.24) is 25.0 Å². The Labute approximate surface area is 202 Å². The molecule has 3 heterocycles. The van der Waals surface area contributed by atoms with Gasteiger partial charge in [-0.1, -0.05) is 39.0 Å². The van der Waals surface area contributed by atoms with E-state index in [1.165, 1.54) is 5.57 Å². The first-order valence-electron chi connectivity index (χ1n) is 11.9. The summed E-state index contributed by atoms with van der Waals surface area (Å²) in [6, 6.07) is 5.62. The second-order valence-electron chi connectivity index (χ2n) is 7.86. The van der Waals surface area contributed by atoms with Crippen molar-refractivity contribution in [2.75, 3.05) is 26.2 Å². The summed E-state index contributed by atoms with van der Waals surface area (Å²) < 4.78 is 1.77. The van der Waals surface area contributed by atoms with Gasteiger partial charge in [0.1, 0.15) is 17.9 Å². The standard InChI is InChI=1S/C24H29N7O.C2H6/c1-4-18-12-20(15-31-24(13-18)26-16-27-31)19-6-7-21(23(32)14-19)22(5-2)29-28-17(3)30-10-8-25-9-11-30;1-2/h5-7,13-16,25,32H,2,4,8-12H2,1,3H3;1-2H3/b28-17+,29-22+;. The fourth-order valence-electron chi connectivity index (χ4n) is 3.87. The summed E-state index contributed by atoms with van der Waals surface area (Å²) in [6.45, 7) is 15.6. The number of phenolic OH excluding ortho intramolecular Hbond substituents is 1. The number of hydrogen-bond acceptors (Lipinski definition) is 6. The molecule has 34 heavy (non-hydrogen) atoms. The molecule has 0 bridgehead atoms. The van der Waals surface area contributed by atoms with Gasteiger partial charge in [0.25, 0.3) is 0 Å². The molecule has 0 spiro atoms. The molecule has 2 aromatic rings. The van der Waals surface area contributed by atoms with Crippen molar-refractivity contribution in [1.29, 1.82) is 0 Å². The van der Waals surface area contributed by atoms with Crippen LogP contribution in [0, 0.1) is 0 Å². The van der Waals surface area contributed by atoms with Gasteiger partial charge in [0.15, 0.2) is 5.82 Å². The number of rotatable bonds is 5. The Morgan fingerprint density at radius 3 is 2.68 bits per heavy atom. The van der Waals surface area contributed by atoms with Crippen molar-refractivity contribution in [3.05, 3.63) is 59.7 Å². The lowest BCUT2D eigenvalue weighted by Crippen LogP contribution is -2.45. The van der Waals surface area contributed by atoms with Crippen LogP contribution in [0.3, 0.4) is 0 Å². The highest BCUT2D eigenvalue weighted by Crippen LogP contribution is 2.32. The van der Waals surface area contributed by atoms with E-state index >= 15 is 0 Å². The van der Waals surface area contributed by atoms with Crippen molar-refractivity contribution in [3.8, 4) is 5.75 Å². The first kappa shape index (κ1) is 25.1. The molecule has 180 valence electrons. The van der Waals surface area contributed by atoms with Gasteiger partial charge in [-0.3, -0.25) is 0 Å². The van der Waals surface area contributed by atoms with Crippen LogP contribution in [0.1, 0.15) is 57.5 Å². The van der Waals surface area contributed by atoms with Gasteiger partial charge in [-0.25, -0.2) is 9.67 Å². The SMILES string of the molecule is C=C/C(=N\N=C(/C)N1CCNCC1)c1ccc(C2=Cn3ncnc3C=C(CC)C2)cc1O.CC. The van der Waals surface area contributed by atoms with Gasteiger partial charge in [-0.15, -0.1) is 10.2 Å². The van der Waals surface area contributed by atoms with E-state index in [9.17, 15) is 5.11 Å². The first-order valence-corrected chi connectivity index (χ1v) is 11.9. The van der Waals surface area contributed by atoms with Gasteiger partial charge >= 0.3 is 0 Å². The predicted octanol–water partition coefficient (Wildman–Crippen LogP) is 4.42. The Balaban J connectivity index is 0.00000158. The lowest BCUT2D eigenvalue weighted by atomic mass is 9.96. The quantitative estimate of drug-likeness (QED) is 0.391. The summed E-state index contributed by atoms with van der Waals surface area (Å²) in [5.74, 6) is 1.81. The Morgan fingerprint density at radius 1 is 1.24 bits per heavy atom. The van der Waals surface area contributed by atoms with E-state index < -0.39 is 0 Å². The van der Waals surface area contributed by atoms with E-state index in [1.807, 2.05) is 39.1 Å². The number of benzene rings is 1. The maximum atomic E-state index is 10.8. The topological polar surface area (TPSA) is 90.9 Å². The molecule has 2 aliphatic heterocycles. The molecule has 1 saturated heterocycles. The highest BCUT2D eigenvalue weighted by Gasteiger charge is 2.15. The lowest BCUT2D eigenvalue weighted by Gasteiger charge is -2.28. The number of nitrogens with zero attached hydrogens (tertiary/aromatic N) is 6. The van der Waals surface area contributed by atoms with Crippen LogP contribution in [0.25, 0.3) is 17.8 Å². The van der Waals surface area contributed by atoms with Crippen LogP contribution in [-0.2, 0) is 0 Å². The van der Waals surface area contributed by atoms with E-state index in [0.717, 1.165) is 61.8 Å². The van der Waals surface area contributed by atoms with Crippen molar-refractivity contribution in [2.45, 2.75) is 40.5 Å². The minimum absolute atomic E-state index is 0.141. The molecule has 8 nitrogen and oxygen atoms in total. The van der Waals surface area contributed by atoms with Crippen LogP contribution in [0.5, 0.6) is 5.75 Å². The first-order chi connectivity index (χ1) is 16.6. The minimum atomic E-state index is 0.141. The fraction of sp³-hybridized carbons (Fsp3) is 0.385. The molecule has 1 aromatic carbocycles. The number of aromatic nitrogens is 3. The van der Waals surface area contributed by atoms with Crippen molar-refractivity contribution < 1.29 is 5.11 Å². The molecule has 0 aliphatic carbocycles. The Kier molecular flexibility index (Phi) is 8.93. The second-order valence-corrected chi connectivity index (χ2v) is 7.86. The third-order valence-electron chi connectivity index (χ3n) is 5.80. The molecule has 0 unspecified atom stereocenters. The van der Waals surface area contributed by atoms with Gasteiger partial charge in [0, 0.05) is 37.9 Å². The van der Waals surface area contributed by atoms with Gasteiger partial charge in [0.2, 0.25) is 0 Å². The monoisotopic (exact) mass is 461 g/mol. The van der Waals surface area contributed by atoms with Crippen molar-refractivity contribution >= 4 is 29.4 Å². The molecule has 1 aromatic heterocycles. The van der Waals surface area contributed by atoms with Gasteiger partial charge in [0.05, 0.1) is 5.71 Å². The zero-order valence-electron chi connectivity index (χ0n) is 20.6. The summed E-state index contributed by atoms with van der Waals surface area (Å²) in [5, 5.41) is 27.2. The molecule has 8 heteroatoms. The maximum Gasteiger partial charge on any atom is 0.155 e. The number of piperazine rings is 1. The van der Waals surface area contributed by atoms with E-state index in [4.69, 9.17) is 0 Å². The van der Waals surface area contributed by atoms with Crippen LogP contribution in [0.15, 0.2) is 53.0 Å². The van der Waals surface area contributed by atoms with E-state index in [-0.39, 0.29) is 5.75 Å². The summed E-state index contributed by atoms with van der Waals surface area (Å²) >= 11 is 0. The lowest BCUT2D eigenvalue weighted by molar-refractivity contribution is 0.355. The van der Waals surface area contributed by atoms with Gasteiger partial charge in [-0.2, -0.15) is 5.10 Å². The molecule has 0 saturated carbocycles. The van der Waals surface area contributed by atoms with Crippen LogP contribution in [0.2, 0.25) is 0 Å². The Morgan fingerprint density at radius 2 is 2.00 bits per heavy atom. The minimum Gasteiger partial charge on any atom is -0.507 e. The average Bonchev–Trinajstić information content (AvgIpc) is 3.23. The number of aromatic hydroxyl groups is 1. The van der Waals surface area contributed by atoms with Crippen LogP contribution >= 0.6 is 0 Å². The smallest absolute Gasteiger partial charge is 0.155 e. The summed E-state index contributed by atoms with van der Waals surface area (Å²) in [5.41, 5.74) is 4.39. The highest BCUT2D eigenvalue weighted by molar-refractivity contribution is 6.10. The number of allylic oxidation sites excluding steroid dienone is 3. The molecule has 1 fully saturated rings. The maximum absolute atomic E-state index is 10.8. The number of hydrogen-bond donors (Lipinski definition) is 2. The van der Waals surface area contributed by atoms with Crippen LogP contribution < -0.4 is 5.32 Å². The second kappa shape index (κ2) is 12.1. The molecular weight excluding hydrogens is 426 g/mol. The normalized spacial score (nSPS) is 16.5. The summed E-state index contributed by atoms with van der Waals surface area (Å²) in [6.07, 6.45) is 8.91. The molecule has 0 radical (unpaired) electrons. The number of phenols is 1. The van der Waals surface area contributed by atoms with Gasteiger partial charge < -0.3 is 15.3 Å². The van der Waals surface area contributed by atoms with E-state index in [1.54, 1.807) is 23.2 Å². The number of amidine groups is 1. The molecule has 0 atom stereocenters. The van der Waals surface area contributed by atoms with Crippen molar-refractivity contribution in [2.24, 2.45) is 10.2 Å². The third-order valence-corrected chi connectivity index (χ3v) is 5.80. The van der Waals surface area contributed by atoms with E-state index in [2.05, 4.69) is 50.1 Å². The predicted molar refractivity (Wildman–Crippen MR) is 141 cm³/mol. The molecule has 2 N–H and O–H groups in total. The van der Waals surface area contributed by atoms with Crippen molar-refractivity contribution in [3.63, 3.8) is 0 Å². The van der Waals surface area contributed by atoms with E-state index in [0.29, 0.717) is 11.3 Å². The molecule has 4 rings (SSSR count). The number of nitrogens with one attached hydrogen (secondary N) is 1. The molecule has 0 amide bonds. The molecular formula is C26H35N7O. The van der Waals surface area contributed by atoms with Crippen LogP contribution in [0.4, 0.5) is 0 Å². The number of fused-ring (bicyclic) bond motifs is 1. The third kappa shape index (κ3) is 5.88. The average molecular weight is 462 g/mol. The zero-order chi connectivity index (χ0) is 24.5. The van der Waals surface area contributed by atoms with Gasteiger partial charge in [-0.05, 0) is 55.2 Å². The molecule has 2 aliphatic rings. The summed E-state index contributed by atoms with van der Waals surface area (Å²) in [4.78, 5) is 6.51. The zero-order valence-corrected chi connectivity index (χ0v) is 20.6. The highest BCUT2D eigenvalue weighted by atomic mass is 16.3. The Bertz CT molecular complexity index is 1120. The summed E-state index contributed by atoms with van der Waals surface area (Å²) in [7, 11) is 0. The Hall–Kier alpha value is -3.52. The largest absolute Gasteiger partial charge is 0.507 e.